The van der Waals surface area contributed by atoms with Crippen molar-refractivity contribution in [2.75, 3.05) is 7.11 Å². The minimum Gasteiger partial charge on any atom is -0.469 e. The third kappa shape index (κ3) is 5.05. The summed E-state index contributed by atoms with van der Waals surface area (Å²) in [5, 5.41) is 10.8. The summed E-state index contributed by atoms with van der Waals surface area (Å²) in [6, 6.07) is 7.27. The van der Waals surface area contributed by atoms with Gasteiger partial charge in [-0.05, 0) is 5.56 Å². The van der Waals surface area contributed by atoms with Crippen molar-refractivity contribution >= 4 is 11.9 Å². The molecule has 1 rings (SSSR count). The zero-order valence-corrected chi connectivity index (χ0v) is 11.0. The maximum Gasteiger partial charge on any atom is 0.381 e. The molecule has 7 nitrogen and oxygen atoms in total. The Bertz CT molecular complexity index is 473. The molecule has 0 aliphatic carbocycles. The Hall–Kier alpha value is -2.44. The van der Waals surface area contributed by atoms with Crippen LogP contribution >= 0.6 is 0 Å². The lowest BCUT2D eigenvalue weighted by Crippen LogP contribution is -2.32. The van der Waals surface area contributed by atoms with E-state index in [-0.39, 0.29) is 19.4 Å². The van der Waals surface area contributed by atoms with Crippen LogP contribution in [0, 0.1) is 10.1 Å². The fourth-order valence-corrected chi connectivity index (χ4v) is 1.49. The van der Waals surface area contributed by atoms with Gasteiger partial charge in [-0.15, -0.1) is 0 Å². The average Bonchev–Trinajstić information content (AvgIpc) is 2.45. The van der Waals surface area contributed by atoms with E-state index in [0.717, 1.165) is 5.56 Å². The molecule has 1 aromatic carbocycles. The summed E-state index contributed by atoms with van der Waals surface area (Å²) in [6.07, 6.45) is -0.449. The van der Waals surface area contributed by atoms with E-state index in [9.17, 15) is 19.7 Å². The molecule has 0 saturated heterocycles. The maximum atomic E-state index is 11.6. The van der Waals surface area contributed by atoms with Crippen LogP contribution in [0.3, 0.4) is 0 Å². The summed E-state index contributed by atoms with van der Waals surface area (Å²) < 4.78 is 9.26. The molecular weight excluding hydrogens is 266 g/mol. The van der Waals surface area contributed by atoms with Crippen LogP contribution in [0.5, 0.6) is 0 Å². The first-order valence-corrected chi connectivity index (χ1v) is 5.95. The van der Waals surface area contributed by atoms with E-state index in [0.29, 0.717) is 0 Å². The summed E-state index contributed by atoms with van der Waals surface area (Å²) in [5.41, 5.74) is 0.732. The van der Waals surface area contributed by atoms with Gasteiger partial charge < -0.3 is 9.47 Å². The third-order valence-corrected chi connectivity index (χ3v) is 2.60. The molecular formula is C13H15NO6. The van der Waals surface area contributed by atoms with Crippen LogP contribution in [0.2, 0.25) is 0 Å². The largest absolute Gasteiger partial charge is 0.469 e. The minimum atomic E-state index is -1.56. The molecule has 7 heteroatoms. The van der Waals surface area contributed by atoms with Crippen LogP contribution in [-0.2, 0) is 25.7 Å². The molecule has 0 aromatic heterocycles. The first kappa shape index (κ1) is 15.6. The van der Waals surface area contributed by atoms with Crippen molar-refractivity contribution in [2.24, 2.45) is 0 Å². The number of methoxy groups -OCH3 is 1. The SMILES string of the molecule is COC(=O)CCC(C(=O)OCc1ccccc1)[N+](=O)[O-]. The number of hydrogen-bond donors (Lipinski definition) is 0. The topological polar surface area (TPSA) is 95.7 Å². The highest BCUT2D eigenvalue weighted by Gasteiger charge is 2.32. The van der Waals surface area contributed by atoms with Crippen molar-refractivity contribution in [2.45, 2.75) is 25.5 Å². The predicted octanol–water partition coefficient (Wildman–Crippen LogP) is 1.33. The van der Waals surface area contributed by atoms with Gasteiger partial charge >= 0.3 is 18.0 Å². The van der Waals surface area contributed by atoms with Crippen LogP contribution in [0.15, 0.2) is 30.3 Å². The highest BCUT2D eigenvalue weighted by Crippen LogP contribution is 2.08. The molecule has 0 radical (unpaired) electrons. The van der Waals surface area contributed by atoms with Gasteiger partial charge in [-0.25, -0.2) is 4.79 Å². The van der Waals surface area contributed by atoms with Crippen molar-refractivity contribution in [1.82, 2.24) is 0 Å². The number of rotatable bonds is 7. The highest BCUT2D eigenvalue weighted by atomic mass is 16.6. The highest BCUT2D eigenvalue weighted by molar-refractivity contribution is 5.76. The van der Waals surface area contributed by atoms with Gasteiger partial charge in [0.1, 0.15) is 6.61 Å². The molecule has 0 N–H and O–H groups in total. The van der Waals surface area contributed by atoms with Gasteiger partial charge in [-0.1, -0.05) is 30.3 Å². The number of hydrogen-bond acceptors (Lipinski definition) is 6. The lowest BCUT2D eigenvalue weighted by molar-refractivity contribution is -0.511. The lowest BCUT2D eigenvalue weighted by Gasteiger charge is -2.09. The van der Waals surface area contributed by atoms with Gasteiger partial charge in [-0.2, -0.15) is 0 Å². The Labute approximate surface area is 115 Å². The molecule has 0 bridgehead atoms. The van der Waals surface area contributed by atoms with E-state index in [2.05, 4.69) is 4.74 Å². The summed E-state index contributed by atoms with van der Waals surface area (Å²) in [4.78, 5) is 32.6. The second-order valence-corrected chi connectivity index (χ2v) is 4.01. The normalized spacial score (nSPS) is 11.4. The summed E-state index contributed by atoms with van der Waals surface area (Å²) in [5.74, 6) is -1.56. The molecule has 0 saturated carbocycles. The Morgan fingerprint density at radius 3 is 2.50 bits per heavy atom. The molecule has 1 unspecified atom stereocenters. The molecule has 0 aliphatic rings. The number of benzene rings is 1. The van der Waals surface area contributed by atoms with Gasteiger partial charge in [0.25, 0.3) is 0 Å². The summed E-state index contributed by atoms with van der Waals surface area (Å²) >= 11 is 0. The molecule has 108 valence electrons. The summed E-state index contributed by atoms with van der Waals surface area (Å²) in [6.45, 7) is -0.0394. The lowest BCUT2D eigenvalue weighted by atomic mass is 10.1. The van der Waals surface area contributed by atoms with Crippen molar-refractivity contribution in [1.29, 1.82) is 0 Å². The second-order valence-electron chi connectivity index (χ2n) is 4.01. The fourth-order valence-electron chi connectivity index (χ4n) is 1.49. The third-order valence-electron chi connectivity index (χ3n) is 2.60. The van der Waals surface area contributed by atoms with Crippen LogP contribution in [0.1, 0.15) is 18.4 Å². The van der Waals surface area contributed by atoms with E-state index < -0.39 is 22.9 Å². The molecule has 0 fully saturated rings. The minimum absolute atomic E-state index is 0.0394. The van der Waals surface area contributed by atoms with Crippen molar-refractivity contribution in [3.63, 3.8) is 0 Å². The van der Waals surface area contributed by atoms with Crippen LogP contribution in [0.4, 0.5) is 0 Å². The number of carbonyl (C=O) groups is 2. The molecule has 1 atom stereocenters. The smallest absolute Gasteiger partial charge is 0.381 e. The van der Waals surface area contributed by atoms with Crippen molar-refractivity contribution < 1.29 is 24.0 Å². The first-order chi connectivity index (χ1) is 9.54. The Kier molecular flexibility index (Phi) is 6.15. The van der Waals surface area contributed by atoms with Crippen LogP contribution in [-0.4, -0.2) is 30.0 Å². The van der Waals surface area contributed by atoms with E-state index >= 15 is 0 Å². The molecule has 0 aliphatic heterocycles. The van der Waals surface area contributed by atoms with Gasteiger partial charge in [0.2, 0.25) is 0 Å². The number of nitrogens with zero attached hydrogens (tertiary/aromatic N) is 1. The molecule has 0 spiro atoms. The van der Waals surface area contributed by atoms with Crippen LogP contribution in [0.25, 0.3) is 0 Å². The average molecular weight is 281 g/mol. The van der Waals surface area contributed by atoms with E-state index in [1.54, 1.807) is 24.3 Å². The van der Waals surface area contributed by atoms with Crippen molar-refractivity contribution in [3.05, 3.63) is 46.0 Å². The van der Waals surface area contributed by atoms with E-state index in [1.165, 1.54) is 7.11 Å². The van der Waals surface area contributed by atoms with Gasteiger partial charge in [-0.3, -0.25) is 14.9 Å². The predicted molar refractivity (Wildman–Crippen MR) is 68.3 cm³/mol. The molecule has 20 heavy (non-hydrogen) atoms. The standard InChI is InChI=1S/C13H15NO6/c1-19-12(15)8-7-11(14(17)18)13(16)20-9-10-5-3-2-4-6-10/h2-6,11H,7-9H2,1H3. The van der Waals surface area contributed by atoms with Gasteiger partial charge in [0.05, 0.1) is 13.5 Å². The maximum absolute atomic E-state index is 11.6. The summed E-state index contributed by atoms with van der Waals surface area (Å²) in [7, 11) is 1.18. The number of ether oxygens (including phenoxy) is 2. The molecule has 1 aromatic rings. The van der Waals surface area contributed by atoms with Crippen LogP contribution < -0.4 is 0 Å². The number of nitro groups is 1. The molecule has 0 heterocycles. The fraction of sp³-hybridized carbons (Fsp3) is 0.385. The monoisotopic (exact) mass is 281 g/mol. The zero-order chi connectivity index (χ0) is 15.0. The zero-order valence-electron chi connectivity index (χ0n) is 11.0. The number of esters is 2. The Balaban J connectivity index is 2.52. The van der Waals surface area contributed by atoms with E-state index in [1.807, 2.05) is 6.07 Å². The Morgan fingerprint density at radius 2 is 1.95 bits per heavy atom. The Morgan fingerprint density at radius 1 is 1.30 bits per heavy atom. The van der Waals surface area contributed by atoms with Crippen molar-refractivity contribution in [3.8, 4) is 0 Å². The van der Waals surface area contributed by atoms with Gasteiger partial charge in [0.15, 0.2) is 0 Å². The second kappa shape index (κ2) is 7.88. The number of carbonyl (C=O) groups excluding carboxylic acids is 2. The first-order valence-electron chi connectivity index (χ1n) is 5.95. The van der Waals surface area contributed by atoms with Gasteiger partial charge in [0, 0.05) is 11.3 Å². The molecule has 0 amide bonds. The van der Waals surface area contributed by atoms with E-state index in [4.69, 9.17) is 4.74 Å². The quantitative estimate of drug-likeness (QED) is 0.425.